The fraction of sp³-hybridized carbons (Fsp3) is 0.417. The van der Waals surface area contributed by atoms with E-state index < -0.39 is 0 Å². The number of benzene rings is 2. The minimum Gasteiger partial charge on any atom is -0.494 e. The lowest BCUT2D eigenvalue weighted by molar-refractivity contribution is -0.134. The van der Waals surface area contributed by atoms with Crippen molar-refractivity contribution in [3.05, 3.63) is 65.7 Å². The Balaban J connectivity index is 1.57. The largest absolute Gasteiger partial charge is 0.494 e. The van der Waals surface area contributed by atoms with Crippen LogP contribution >= 0.6 is 0 Å². The molecule has 4 rings (SSSR count). The van der Waals surface area contributed by atoms with Crippen LogP contribution < -0.4 is 4.74 Å². The summed E-state index contributed by atoms with van der Waals surface area (Å²) in [7, 11) is 0. The molecule has 0 N–H and O–H groups in total. The van der Waals surface area contributed by atoms with E-state index in [9.17, 15) is 4.79 Å². The topological polar surface area (TPSA) is 45.1 Å². The molecule has 1 atom stereocenters. The molecule has 2 heterocycles. The van der Waals surface area contributed by atoms with Crippen LogP contribution in [0.2, 0.25) is 0 Å². The number of hydrogen-bond acceptors (Lipinski definition) is 4. The molecule has 0 saturated carbocycles. The van der Waals surface area contributed by atoms with Gasteiger partial charge in [0.05, 0.1) is 24.9 Å². The molecule has 0 unspecified atom stereocenters. The number of ether oxygens (including phenoxy) is 1. The SMILES string of the molecule is CCOc1ccc([C@H]2CC(c3ccccc3)=NN2C(=O)CN2CCCCC2)cc1. The number of carbonyl (C=O) groups excluding carboxylic acids is 1. The normalized spacial score (nSPS) is 19.8. The molecule has 2 aromatic carbocycles. The van der Waals surface area contributed by atoms with Crippen LogP contribution in [0, 0.1) is 0 Å². The first kappa shape index (κ1) is 19.6. The van der Waals surface area contributed by atoms with Gasteiger partial charge in [0.25, 0.3) is 5.91 Å². The van der Waals surface area contributed by atoms with Crippen molar-refractivity contribution in [1.29, 1.82) is 0 Å². The summed E-state index contributed by atoms with van der Waals surface area (Å²) in [5.74, 6) is 0.932. The number of likely N-dealkylation sites (tertiary alicyclic amines) is 1. The first-order chi connectivity index (χ1) is 14.2. The molecule has 1 fully saturated rings. The zero-order valence-corrected chi connectivity index (χ0v) is 17.1. The van der Waals surface area contributed by atoms with Gasteiger partial charge in [-0.25, -0.2) is 5.01 Å². The smallest absolute Gasteiger partial charge is 0.257 e. The molecule has 5 heteroatoms. The van der Waals surface area contributed by atoms with E-state index in [1.807, 2.05) is 37.3 Å². The molecule has 0 radical (unpaired) electrons. The number of hydrazone groups is 1. The highest BCUT2D eigenvalue weighted by Gasteiger charge is 2.33. The second kappa shape index (κ2) is 9.23. The molecule has 5 nitrogen and oxygen atoms in total. The van der Waals surface area contributed by atoms with Crippen molar-refractivity contribution in [2.45, 2.75) is 38.6 Å². The Hall–Kier alpha value is -2.66. The monoisotopic (exact) mass is 391 g/mol. The Bertz CT molecular complexity index is 842. The van der Waals surface area contributed by atoms with Gasteiger partial charge in [-0.15, -0.1) is 0 Å². The van der Waals surface area contributed by atoms with E-state index in [4.69, 9.17) is 9.84 Å². The summed E-state index contributed by atoms with van der Waals surface area (Å²) in [6, 6.07) is 18.2. The van der Waals surface area contributed by atoms with E-state index >= 15 is 0 Å². The average Bonchev–Trinajstić information content (AvgIpc) is 3.22. The predicted octanol–water partition coefficient (Wildman–Crippen LogP) is 4.25. The molecule has 1 amide bonds. The van der Waals surface area contributed by atoms with E-state index in [0.29, 0.717) is 13.2 Å². The highest BCUT2D eigenvalue weighted by atomic mass is 16.5. The van der Waals surface area contributed by atoms with Crippen LogP contribution in [0.5, 0.6) is 5.75 Å². The fourth-order valence-electron chi connectivity index (χ4n) is 4.14. The quantitative estimate of drug-likeness (QED) is 0.740. The maximum atomic E-state index is 13.2. The van der Waals surface area contributed by atoms with Gasteiger partial charge in [0, 0.05) is 6.42 Å². The summed E-state index contributed by atoms with van der Waals surface area (Å²) in [6.07, 6.45) is 4.34. The van der Waals surface area contributed by atoms with Crippen molar-refractivity contribution < 1.29 is 9.53 Å². The van der Waals surface area contributed by atoms with Gasteiger partial charge in [0.2, 0.25) is 0 Å². The Morgan fingerprint density at radius 3 is 2.45 bits per heavy atom. The lowest BCUT2D eigenvalue weighted by Crippen LogP contribution is -2.40. The van der Waals surface area contributed by atoms with Gasteiger partial charge < -0.3 is 4.74 Å². The number of amides is 1. The van der Waals surface area contributed by atoms with Crippen LogP contribution in [0.25, 0.3) is 0 Å². The summed E-state index contributed by atoms with van der Waals surface area (Å²) < 4.78 is 5.57. The maximum absolute atomic E-state index is 13.2. The van der Waals surface area contributed by atoms with Crippen LogP contribution in [0.1, 0.15) is 49.8 Å². The highest BCUT2D eigenvalue weighted by Crippen LogP contribution is 2.33. The molecule has 2 aromatic rings. The summed E-state index contributed by atoms with van der Waals surface area (Å²) in [6.45, 7) is 5.07. The average molecular weight is 392 g/mol. The highest BCUT2D eigenvalue weighted by molar-refractivity contribution is 6.03. The van der Waals surface area contributed by atoms with Gasteiger partial charge in [-0.3, -0.25) is 9.69 Å². The molecule has 0 aliphatic carbocycles. The molecule has 2 aliphatic heterocycles. The summed E-state index contributed by atoms with van der Waals surface area (Å²) >= 11 is 0. The first-order valence-corrected chi connectivity index (χ1v) is 10.6. The molecule has 152 valence electrons. The Morgan fingerprint density at radius 2 is 1.76 bits per heavy atom. The van der Waals surface area contributed by atoms with Gasteiger partial charge in [-0.05, 0) is 56.1 Å². The lowest BCUT2D eigenvalue weighted by atomic mass is 9.98. The summed E-state index contributed by atoms with van der Waals surface area (Å²) in [5, 5.41) is 6.50. The third-order valence-corrected chi connectivity index (χ3v) is 5.66. The molecule has 2 aliphatic rings. The Morgan fingerprint density at radius 1 is 1.03 bits per heavy atom. The van der Waals surface area contributed by atoms with E-state index in [0.717, 1.165) is 42.1 Å². The van der Waals surface area contributed by atoms with Crippen molar-refractivity contribution >= 4 is 11.6 Å². The van der Waals surface area contributed by atoms with Gasteiger partial charge in [0.1, 0.15) is 5.75 Å². The maximum Gasteiger partial charge on any atom is 0.257 e. The van der Waals surface area contributed by atoms with Crippen molar-refractivity contribution in [3.63, 3.8) is 0 Å². The molecule has 0 bridgehead atoms. The molecular weight excluding hydrogens is 362 g/mol. The van der Waals surface area contributed by atoms with Crippen molar-refractivity contribution in [2.75, 3.05) is 26.2 Å². The summed E-state index contributed by atoms with van der Waals surface area (Å²) in [5.41, 5.74) is 3.14. The second-order valence-corrected chi connectivity index (χ2v) is 7.71. The van der Waals surface area contributed by atoms with E-state index in [2.05, 4.69) is 29.2 Å². The summed E-state index contributed by atoms with van der Waals surface area (Å²) in [4.78, 5) is 15.5. The number of carbonyl (C=O) groups is 1. The van der Waals surface area contributed by atoms with E-state index in [-0.39, 0.29) is 11.9 Å². The number of piperidine rings is 1. The van der Waals surface area contributed by atoms with Crippen LogP contribution in [0.3, 0.4) is 0 Å². The Kier molecular flexibility index (Phi) is 6.25. The molecular formula is C24H29N3O2. The van der Waals surface area contributed by atoms with Gasteiger partial charge >= 0.3 is 0 Å². The van der Waals surface area contributed by atoms with Gasteiger partial charge in [0.15, 0.2) is 0 Å². The molecule has 29 heavy (non-hydrogen) atoms. The van der Waals surface area contributed by atoms with Crippen molar-refractivity contribution in [1.82, 2.24) is 9.91 Å². The van der Waals surface area contributed by atoms with Crippen LogP contribution in [0.4, 0.5) is 0 Å². The molecule has 1 saturated heterocycles. The molecule has 0 spiro atoms. The first-order valence-electron chi connectivity index (χ1n) is 10.6. The van der Waals surface area contributed by atoms with Gasteiger partial charge in [-0.2, -0.15) is 5.10 Å². The lowest BCUT2D eigenvalue weighted by Gasteiger charge is -2.29. The fourth-order valence-corrected chi connectivity index (χ4v) is 4.14. The van der Waals surface area contributed by atoms with E-state index in [1.165, 1.54) is 19.3 Å². The van der Waals surface area contributed by atoms with Crippen molar-refractivity contribution in [2.24, 2.45) is 5.10 Å². The zero-order chi connectivity index (χ0) is 20.1. The Labute approximate surface area is 173 Å². The standard InChI is InChI=1S/C24H29N3O2/c1-2-29-21-13-11-20(12-14-21)23-17-22(19-9-5-3-6-10-19)25-27(23)24(28)18-26-15-7-4-8-16-26/h3,5-6,9-14,23H,2,4,7-8,15-18H2,1H3/t23-/m1/s1. The van der Waals surface area contributed by atoms with Gasteiger partial charge in [-0.1, -0.05) is 48.9 Å². The van der Waals surface area contributed by atoms with Crippen LogP contribution in [0.15, 0.2) is 59.7 Å². The molecule has 0 aromatic heterocycles. The third-order valence-electron chi connectivity index (χ3n) is 5.66. The van der Waals surface area contributed by atoms with Crippen LogP contribution in [-0.4, -0.2) is 47.8 Å². The second-order valence-electron chi connectivity index (χ2n) is 7.71. The minimum absolute atomic E-state index is 0.0711. The third kappa shape index (κ3) is 4.67. The zero-order valence-electron chi connectivity index (χ0n) is 17.1. The predicted molar refractivity (Wildman–Crippen MR) is 115 cm³/mol. The van der Waals surface area contributed by atoms with E-state index in [1.54, 1.807) is 5.01 Å². The van der Waals surface area contributed by atoms with Crippen LogP contribution in [-0.2, 0) is 4.79 Å². The number of hydrogen-bond donors (Lipinski definition) is 0. The minimum atomic E-state index is -0.0711. The number of rotatable bonds is 6. The number of nitrogens with zero attached hydrogens (tertiary/aromatic N) is 3. The van der Waals surface area contributed by atoms with Crippen molar-refractivity contribution in [3.8, 4) is 5.75 Å².